The molecule has 1 amide bonds. The third kappa shape index (κ3) is 2.48. The number of rotatable bonds is 4. The Kier molecular flexibility index (Phi) is 4.05. The van der Waals surface area contributed by atoms with E-state index in [1.54, 1.807) is 0 Å². The molecule has 0 fully saturated rings. The summed E-state index contributed by atoms with van der Waals surface area (Å²) in [4.78, 5) is 18.1. The minimum absolute atomic E-state index is 0.0496. The maximum atomic E-state index is 12.6. The van der Waals surface area contributed by atoms with Crippen molar-refractivity contribution in [2.24, 2.45) is 0 Å². The summed E-state index contributed by atoms with van der Waals surface area (Å²) in [5.41, 5.74) is 1.37. The van der Waals surface area contributed by atoms with Crippen molar-refractivity contribution in [3.05, 3.63) is 29.3 Å². The molecule has 2 aliphatic heterocycles. The zero-order valence-electron chi connectivity index (χ0n) is 15.4. The Bertz CT molecular complexity index is 667. The molecule has 1 atom stereocenters. The molecule has 2 aliphatic rings. The van der Waals surface area contributed by atoms with Gasteiger partial charge in [0.1, 0.15) is 12.4 Å². The molecule has 0 saturated heterocycles. The van der Waals surface area contributed by atoms with Crippen LogP contribution in [0, 0.1) is 0 Å². The lowest BCUT2D eigenvalue weighted by Crippen LogP contribution is -2.58. The molecule has 0 bridgehead atoms. The average Bonchev–Trinajstić information content (AvgIpc) is 2.86. The van der Waals surface area contributed by atoms with E-state index in [0.29, 0.717) is 19.6 Å². The molecule has 1 aromatic carbocycles. The van der Waals surface area contributed by atoms with Crippen molar-refractivity contribution in [1.82, 2.24) is 5.06 Å². The second-order valence-corrected chi connectivity index (χ2v) is 13.0. The SMILES string of the molecule is CON1C(=O)Cc2cccc3c2[C@@]1(CO[Si](C)(C)C(C)(C)C)CO3. The third-order valence-corrected chi connectivity index (χ3v) is 10.1. The van der Waals surface area contributed by atoms with Gasteiger partial charge in [-0.15, -0.1) is 0 Å². The minimum Gasteiger partial charge on any atom is -0.490 e. The summed E-state index contributed by atoms with van der Waals surface area (Å²) in [7, 11) is -0.424. The maximum Gasteiger partial charge on any atom is 0.251 e. The predicted molar refractivity (Wildman–Crippen MR) is 94.3 cm³/mol. The summed E-state index contributed by atoms with van der Waals surface area (Å²) in [5, 5.41) is 1.57. The molecule has 3 rings (SSSR count). The van der Waals surface area contributed by atoms with Crippen LogP contribution in [-0.4, -0.2) is 39.6 Å². The Morgan fingerprint density at radius 1 is 1.33 bits per heavy atom. The van der Waals surface area contributed by atoms with Crippen molar-refractivity contribution < 1.29 is 18.8 Å². The fraction of sp³-hybridized carbons (Fsp3) is 0.611. The van der Waals surface area contributed by atoms with Crippen LogP contribution in [0.25, 0.3) is 0 Å². The molecule has 24 heavy (non-hydrogen) atoms. The van der Waals surface area contributed by atoms with Crippen LogP contribution >= 0.6 is 0 Å². The molecule has 6 heteroatoms. The molecule has 0 aromatic heterocycles. The van der Waals surface area contributed by atoms with E-state index >= 15 is 0 Å². The standard InChI is InChI=1S/C18H27NO4Si/c1-17(2,3)24(5,6)23-12-18-11-22-14-9-7-8-13(16(14)18)10-15(20)19(18)21-4/h7-9H,10-12H2,1-6H3/t18-/m0/s1. The first-order valence-corrected chi connectivity index (χ1v) is 11.3. The van der Waals surface area contributed by atoms with Crippen LogP contribution in [0.1, 0.15) is 31.9 Å². The summed E-state index contributed by atoms with van der Waals surface area (Å²) in [6.45, 7) is 11.8. The number of hydroxylamine groups is 2. The Hall–Kier alpha value is -1.37. The van der Waals surface area contributed by atoms with E-state index in [2.05, 4.69) is 33.9 Å². The first kappa shape index (κ1) is 17.4. The minimum atomic E-state index is -1.96. The summed E-state index contributed by atoms with van der Waals surface area (Å²) in [6, 6.07) is 5.89. The number of benzene rings is 1. The van der Waals surface area contributed by atoms with Crippen molar-refractivity contribution in [2.45, 2.75) is 50.9 Å². The van der Waals surface area contributed by atoms with Gasteiger partial charge < -0.3 is 9.16 Å². The molecule has 0 aliphatic carbocycles. The van der Waals surface area contributed by atoms with E-state index in [1.807, 2.05) is 18.2 Å². The van der Waals surface area contributed by atoms with Gasteiger partial charge in [0.25, 0.3) is 5.91 Å². The molecular weight excluding hydrogens is 322 g/mol. The molecule has 0 saturated carbocycles. The van der Waals surface area contributed by atoms with Gasteiger partial charge in [0.05, 0.1) is 20.1 Å². The molecule has 0 unspecified atom stereocenters. The first-order valence-electron chi connectivity index (χ1n) is 8.39. The van der Waals surface area contributed by atoms with E-state index in [-0.39, 0.29) is 10.9 Å². The molecule has 0 N–H and O–H groups in total. The summed E-state index contributed by atoms with van der Waals surface area (Å²) in [5.74, 6) is 0.785. The van der Waals surface area contributed by atoms with Gasteiger partial charge in [0, 0.05) is 5.56 Å². The molecule has 1 aromatic rings. The van der Waals surface area contributed by atoms with Crippen LogP contribution in [0.3, 0.4) is 0 Å². The summed E-state index contributed by atoms with van der Waals surface area (Å²) in [6.07, 6.45) is 0.336. The van der Waals surface area contributed by atoms with E-state index < -0.39 is 13.9 Å². The molecule has 5 nitrogen and oxygen atoms in total. The zero-order valence-corrected chi connectivity index (χ0v) is 16.4. The second-order valence-electron chi connectivity index (χ2n) is 8.21. The monoisotopic (exact) mass is 349 g/mol. The topological polar surface area (TPSA) is 48.0 Å². The van der Waals surface area contributed by atoms with Gasteiger partial charge in [0.2, 0.25) is 0 Å². The third-order valence-electron chi connectivity index (χ3n) is 5.66. The Balaban J connectivity index is 2.01. The number of ether oxygens (including phenoxy) is 1. The summed E-state index contributed by atoms with van der Waals surface area (Å²) < 4.78 is 12.4. The molecule has 0 spiro atoms. The van der Waals surface area contributed by atoms with Crippen LogP contribution in [0.4, 0.5) is 0 Å². The fourth-order valence-electron chi connectivity index (χ4n) is 3.24. The predicted octanol–water partition coefficient (Wildman–Crippen LogP) is 3.24. The van der Waals surface area contributed by atoms with Crippen LogP contribution in [0.5, 0.6) is 5.75 Å². The van der Waals surface area contributed by atoms with Gasteiger partial charge in [0.15, 0.2) is 13.9 Å². The van der Waals surface area contributed by atoms with Crippen molar-refractivity contribution in [1.29, 1.82) is 0 Å². The number of carbonyl (C=O) groups is 1. The van der Waals surface area contributed by atoms with E-state index in [0.717, 1.165) is 16.9 Å². The lowest BCUT2D eigenvalue weighted by Gasteiger charge is -2.45. The van der Waals surface area contributed by atoms with Crippen LogP contribution in [0.15, 0.2) is 18.2 Å². The van der Waals surface area contributed by atoms with Crippen molar-refractivity contribution in [2.75, 3.05) is 20.3 Å². The molecule has 2 heterocycles. The van der Waals surface area contributed by atoms with Gasteiger partial charge in [-0.25, -0.2) is 5.06 Å². The van der Waals surface area contributed by atoms with Gasteiger partial charge in [-0.3, -0.25) is 9.63 Å². The van der Waals surface area contributed by atoms with Crippen LogP contribution < -0.4 is 4.74 Å². The van der Waals surface area contributed by atoms with Gasteiger partial charge in [-0.05, 0) is 29.8 Å². The first-order chi connectivity index (χ1) is 11.1. The van der Waals surface area contributed by atoms with Crippen LogP contribution in [-0.2, 0) is 26.0 Å². The highest BCUT2D eigenvalue weighted by molar-refractivity contribution is 6.74. The van der Waals surface area contributed by atoms with Crippen molar-refractivity contribution >= 4 is 14.2 Å². The Labute approximate surface area is 145 Å². The van der Waals surface area contributed by atoms with Crippen molar-refractivity contribution in [3.63, 3.8) is 0 Å². The smallest absolute Gasteiger partial charge is 0.251 e. The largest absolute Gasteiger partial charge is 0.490 e. The highest BCUT2D eigenvalue weighted by Crippen LogP contribution is 2.48. The number of nitrogens with zero attached hydrogens (tertiary/aromatic N) is 1. The molecular formula is C18H27NO4Si. The van der Waals surface area contributed by atoms with Gasteiger partial charge in [-0.2, -0.15) is 0 Å². The lowest BCUT2D eigenvalue weighted by molar-refractivity contribution is -0.222. The second kappa shape index (κ2) is 5.57. The van der Waals surface area contributed by atoms with E-state index in [1.165, 1.54) is 12.2 Å². The number of hydrogen-bond acceptors (Lipinski definition) is 4. The lowest BCUT2D eigenvalue weighted by atomic mass is 9.83. The Morgan fingerprint density at radius 2 is 2.04 bits per heavy atom. The molecule has 132 valence electrons. The van der Waals surface area contributed by atoms with Gasteiger partial charge in [-0.1, -0.05) is 32.9 Å². The maximum absolute atomic E-state index is 12.6. The van der Waals surface area contributed by atoms with Gasteiger partial charge >= 0.3 is 0 Å². The van der Waals surface area contributed by atoms with E-state index in [9.17, 15) is 4.79 Å². The highest BCUT2D eigenvalue weighted by Gasteiger charge is 2.54. The molecule has 0 radical (unpaired) electrons. The Morgan fingerprint density at radius 3 is 2.67 bits per heavy atom. The number of hydrogen-bond donors (Lipinski definition) is 0. The zero-order chi connectivity index (χ0) is 17.8. The van der Waals surface area contributed by atoms with Crippen molar-refractivity contribution in [3.8, 4) is 5.75 Å². The fourth-order valence-corrected chi connectivity index (χ4v) is 4.27. The quantitative estimate of drug-likeness (QED) is 0.783. The van der Waals surface area contributed by atoms with Crippen LogP contribution in [0.2, 0.25) is 18.1 Å². The average molecular weight is 350 g/mol. The number of carbonyl (C=O) groups excluding carboxylic acids is 1. The number of amides is 1. The van der Waals surface area contributed by atoms with E-state index in [4.69, 9.17) is 14.0 Å². The normalized spacial score (nSPS) is 23.2. The summed E-state index contributed by atoms with van der Waals surface area (Å²) >= 11 is 0. The highest BCUT2D eigenvalue weighted by atomic mass is 28.4.